The van der Waals surface area contributed by atoms with Gasteiger partial charge in [0.25, 0.3) is 0 Å². The van der Waals surface area contributed by atoms with Crippen LogP contribution >= 0.6 is 0 Å². The number of carbonyl (C=O) groups excluding carboxylic acids is 1. The Morgan fingerprint density at radius 2 is 1.17 bits per heavy atom. The standard InChI is InChI=1S/C21H19NOS/c1-22-24(19-13-7-3-8-14-19,20-15-9-4-10-16-20)17-21(23)18-11-5-2-6-12-18/h2-17H,1H3. The molecule has 24 heavy (non-hydrogen) atoms. The highest BCUT2D eigenvalue weighted by atomic mass is 32.2. The Bertz CT molecular complexity index is 893. The smallest absolute Gasteiger partial charge is 0.192 e. The molecule has 2 nitrogen and oxygen atoms in total. The molecule has 0 N–H and O–H groups in total. The van der Waals surface area contributed by atoms with E-state index >= 15 is 0 Å². The molecule has 0 radical (unpaired) electrons. The monoisotopic (exact) mass is 333 g/mol. The summed E-state index contributed by atoms with van der Waals surface area (Å²) in [4.78, 5) is 15.0. The molecule has 0 heterocycles. The van der Waals surface area contributed by atoms with Crippen LogP contribution in [0.5, 0.6) is 0 Å². The molecule has 3 heteroatoms. The number of Topliss-reactive ketones (excluding diaryl/α,β-unsaturated/α-hetero) is 1. The Morgan fingerprint density at radius 1 is 0.750 bits per heavy atom. The van der Waals surface area contributed by atoms with Crippen LogP contribution in [0, 0.1) is 0 Å². The fourth-order valence-electron chi connectivity index (χ4n) is 2.62. The van der Waals surface area contributed by atoms with Gasteiger partial charge in [-0.25, -0.2) is 0 Å². The third-order valence-electron chi connectivity index (χ3n) is 3.83. The van der Waals surface area contributed by atoms with E-state index in [1.165, 1.54) is 0 Å². The minimum Gasteiger partial charge on any atom is -0.289 e. The van der Waals surface area contributed by atoms with Crippen LogP contribution in [0.2, 0.25) is 0 Å². The first-order chi connectivity index (χ1) is 11.8. The zero-order chi connectivity index (χ0) is 16.8. The van der Waals surface area contributed by atoms with E-state index in [9.17, 15) is 4.79 Å². The van der Waals surface area contributed by atoms with E-state index in [1.807, 2.05) is 91.0 Å². The summed E-state index contributed by atoms with van der Waals surface area (Å²) in [6.07, 6.45) is 0. The van der Waals surface area contributed by atoms with Crippen LogP contribution in [0.1, 0.15) is 10.4 Å². The maximum absolute atomic E-state index is 12.9. The van der Waals surface area contributed by atoms with Gasteiger partial charge in [-0.2, -0.15) is 0 Å². The molecule has 0 saturated heterocycles. The second kappa shape index (κ2) is 7.28. The van der Waals surface area contributed by atoms with Crippen LogP contribution < -0.4 is 0 Å². The van der Waals surface area contributed by atoms with Crippen molar-refractivity contribution in [3.8, 4) is 0 Å². The second-order valence-corrected chi connectivity index (χ2v) is 8.08. The van der Waals surface area contributed by atoms with Crippen molar-refractivity contribution in [1.82, 2.24) is 0 Å². The first kappa shape index (κ1) is 16.2. The normalized spacial score (nSPS) is 10.9. The molecule has 0 unspecified atom stereocenters. The molecule has 3 aromatic rings. The molecule has 120 valence electrons. The molecule has 0 amide bonds. The Balaban J connectivity index is 2.28. The summed E-state index contributed by atoms with van der Waals surface area (Å²) in [5.74, 6) is 0.00362. The topological polar surface area (TPSA) is 29.4 Å². The van der Waals surface area contributed by atoms with E-state index in [0.717, 1.165) is 9.79 Å². The van der Waals surface area contributed by atoms with Gasteiger partial charge in [-0.1, -0.05) is 76.1 Å². The van der Waals surface area contributed by atoms with Gasteiger partial charge in [0.15, 0.2) is 5.78 Å². The molecular weight excluding hydrogens is 314 g/mol. The van der Waals surface area contributed by atoms with Crippen LogP contribution in [0.15, 0.2) is 105 Å². The minimum atomic E-state index is -1.89. The number of carbonyl (C=O) groups is 1. The zero-order valence-corrected chi connectivity index (χ0v) is 14.3. The lowest BCUT2D eigenvalue weighted by Crippen LogP contribution is -2.12. The highest BCUT2D eigenvalue weighted by molar-refractivity contribution is 8.04. The van der Waals surface area contributed by atoms with Crippen LogP contribution in [0.4, 0.5) is 0 Å². The van der Waals surface area contributed by atoms with Crippen molar-refractivity contribution in [3.63, 3.8) is 0 Å². The number of nitrogens with zero attached hydrogens (tertiary/aromatic N) is 1. The summed E-state index contributed by atoms with van der Waals surface area (Å²) in [5.41, 5.74) is 0.685. The van der Waals surface area contributed by atoms with Crippen molar-refractivity contribution in [2.24, 2.45) is 4.36 Å². The highest BCUT2D eigenvalue weighted by Crippen LogP contribution is 2.24. The maximum atomic E-state index is 12.9. The average molecular weight is 333 g/mol. The minimum absolute atomic E-state index is 0.00362. The van der Waals surface area contributed by atoms with Crippen molar-refractivity contribution >= 4 is 20.6 Å². The van der Waals surface area contributed by atoms with Crippen molar-refractivity contribution in [1.29, 1.82) is 0 Å². The van der Waals surface area contributed by atoms with Crippen molar-refractivity contribution in [2.45, 2.75) is 9.79 Å². The largest absolute Gasteiger partial charge is 0.289 e. The number of ketones is 1. The van der Waals surface area contributed by atoms with E-state index in [2.05, 4.69) is 0 Å². The Kier molecular flexibility index (Phi) is 4.92. The summed E-state index contributed by atoms with van der Waals surface area (Å²) >= 11 is 0. The van der Waals surface area contributed by atoms with E-state index in [0.29, 0.717) is 5.56 Å². The Morgan fingerprint density at radius 3 is 1.58 bits per heavy atom. The van der Waals surface area contributed by atoms with E-state index in [1.54, 1.807) is 12.4 Å². The zero-order valence-electron chi connectivity index (χ0n) is 13.5. The molecule has 0 spiro atoms. The predicted octanol–water partition coefficient (Wildman–Crippen LogP) is 4.76. The van der Waals surface area contributed by atoms with Gasteiger partial charge >= 0.3 is 0 Å². The molecule has 0 aliphatic heterocycles. The molecule has 3 aromatic carbocycles. The maximum Gasteiger partial charge on any atom is 0.192 e. The van der Waals surface area contributed by atoms with E-state index < -0.39 is 9.41 Å². The van der Waals surface area contributed by atoms with Gasteiger partial charge in [-0.3, -0.25) is 9.16 Å². The molecule has 0 atom stereocenters. The summed E-state index contributed by atoms with van der Waals surface area (Å²) < 4.78 is 4.73. The van der Waals surface area contributed by atoms with Gasteiger partial charge in [0.05, 0.1) is 0 Å². The number of benzene rings is 3. The predicted molar refractivity (Wildman–Crippen MR) is 102 cm³/mol. The van der Waals surface area contributed by atoms with Crippen molar-refractivity contribution in [2.75, 3.05) is 7.05 Å². The molecule has 0 aliphatic rings. The summed E-state index contributed by atoms with van der Waals surface area (Å²) in [6, 6.07) is 29.5. The van der Waals surface area contributed by atoms with Gasteiger partial charge in [0.1, 0.15) is 0 Å². The van der Waals surface area contributed by atoms with Gasteiger partial charge < -0.3 is 0 Å². The molecule has 0 aromatic heterocycles. The lowest BCUT2D eigenvalue weighted by atomic mass is 10.2. The average Bonchev–Trinajstić information content (AvgIpc) is 2.68. The van der Waals surface area contributed by atoms with E-state index in [4.69, 9.17) is 4.36 Å². The second-order valence-electron chi connectivity index (χ2n) is 5.28. The fraction of sp³-hybridized carbons (Fsp3) is 0.0476. The third-order valence-corrected chi connectivity index (χ3v) is 6.94. The van der Waals surface area contributed by atoms with Crippen molar-refractivity contribution in [3.05, 3.63) is 96.6 Å². The fourth-order valence-corrected chi connectivity index (χ4v) is 5.28. The number of hydrogen-bond donors (Lipinski definition) is 0. The van der Waals surface area contributed by atoms with Crippen LogP contribution in [0.3, 0.4) is 0 Å². The first-order valence-corrected chi connectivity index (χ1v) is 9.40. The molecule has 0 bridgehead atoms. The summed E-state index contributed by atoms with van der Waals surface area (Å²) in [7, 11) is -0.0930. The first-order valence-electron chi connectivity index (χ1n) is 7.75. The van der Waals surface area contributed by atoms with Gasteiger partial charge in [0, 0.05) is 27.8 Å². The Labute approximate surface area is 143 Å². The molecule has 0 aliphatic carbocycles. The van der Waals surface area contributed by atoms with Crippen LogP contribution in [-0.4, -0.2) is 18.2 Å². The van der Waals surface area contributed by atoms with Gasteiger partial charge in [0.2, 0.25) is 0 Å². The molecular formula is C21H19NOS. The SMILES string of the molecule is CN=S(=CC(=O)c1ccccc1)(c1ccccc1)c1ccccc1. The molecule has 3 rings (SSSR count). The lowest BCUT2D eigenvalue weighted by Gasteiger charge is -2.18. The molecule has 0 fully saturated rings. The number of rotatable bonds is 4. The lowest BCUT2D eigenvalue weighted by molar-refractivity contribution is 0.107. The van der Waals surface area contributed by atoms with Gasteiger partial charge in [-0.15, -0.1) is 0 Å². The van der Waals surface area contributed by atoms with Crippen LogP contribution in [-0.2, 0) is 9.41 Å². The summed E-state index contributed by atoms with van der Waals surface area (Å²) in [6.45, 7) is 0. The van der Waals surface area contributed by atoms with E-state index in [-0.39, 0.29) is 5.78 Å². The Hall–Kier alpha value is -2.65. The van der Waals surface area contributed by atoms with Gasteiger partial charge in [-0.05, 0) is 24.3 Å². The van der Waals surface area contributed by atoms with Crippen LogP contribution in [0.25, 0.3) is 0 Å². The third kappa shape index (κ3) is 3.17. The number of hydrogen-bond acceptors (Lipinski definition) is 2. The highest BCUT2D eigenvalue weighted by Gasteiger charge is 2.14. The molecule has 0 saturated carbocycles. The van der Waals surface area contributed by atoms with Crippen molar-refractivity contribution < 1.29 is 4.79 Å². The summed E-state index contributed by atoms with van der Waals surface area (Å²) in [5, 5.41) is 1.80. The quantitative estimate of drug-likeness (QED) is 0.500.